The van der Waals surface area contributed by atoms with Crippen LogP contribution in [0.25, 0.3) is 10.6 Å². The number of hydrogen-bond donors (Lipinski definition) is 0. The third-order valence-electron chi connectivity index (χ3n) is 2.47. The van der Waals surface area contributed by atoms with Crippen molar-refractivity contribution in [1.82, 2.24) is 4.98 Å². The van der Waals surface area contributed by atoms with E-state index in [-0.39, 0.29) is 5.69 Å². The Balaban J connectivity index is 2.25. The number of ether oxygens (including phenoxy) is 2. The number of carbonyl (C=O) groups excluding carboxylic acids is 1. The number of rotatable bonds is 5. The molecule has 0 aliphatic rings. The Bertz CT molecular complexity index is 595. The molecule has 0 saturated heterocycles. The van der Waals surface area contributed by atoms with E-state index in [4.69, 9.17) is 21.1 Å². The van der Waals surface area contributed by atoms with E-state index < -0.39 is 5.97 Å². The Labute approximate surface area is 126 Å². The van der Waals surface area contributed by atoms with Gasteiger partial charge in [-0.15, -0.1) is 11.3 Å². The summed E-state index contributed by atoms with van der Waals surface area (Å²) in [4.78, 5) is 15.9. The van der Waals surface area contributed by atoms with Crippen LogP contribution in [0, 0.1) is 0 Å². The summed E-state index contributed by atoms with van der Waals surface area (Å²) in [6, 6.07) is 7.49. The predicted octanol–water partition coefficient (Wildman–Crippen LogP) is 4.04. The van der Waals surface area contributed by atoms with E-state index in [1.807, 2.05) is 31.2 Å². The zero-order valence-electron chi connectivity index (χ0n) is 11.2. The van der Waals surface area contributed by atoms with Crippen LogP contribution in [-0.4, -0.2) is 24.2 Å². The van der Waals surface area contributed by atoms with Gasteiger partial charge < -0.3 is 9.47 Å². The third-order valence-corrected chi connectivity index (χ3v) is 3.77. The van der Waals surface area contributed by atoms with Crippen LogP contribution in [0.5, 0.6) is 5.75 Å². The smallest absolute Gasteiger partial charge is 0.359 e. The lowest BCUT2D eigenvalue weighted by molar-refractivity contribution is 0.0520. The Morgan fingerprint density at radius 3 is 2.55 bits per heavy atom. The standard InChI is InChI=1S/C14H14ClNO3S/c1-3-18-10-7-5-9(6-8-10)13-16-11(12(15)20-13)14(17)19-4-2/h5-8H,3-4H2,1-2H3. The van der Waals surface area contributed by atoms with Gasteiger partial charge in [-0.25, -0.2) is 9.78 Å². The van der Waals surface area contributed by atoms with Crippen LogP contribution in [0.2, 0.25) is 4.34 Å². The normalized spacial score (nSPS) is 10.3. The van der Waals surface area contributed by atoms with Gasteiger partial charge >= 0.3 is 5.97 Å². The molecular weight excluding hydrogens is 298 g/mol. The highest BCUT2D eigenvalue weighted by Gasteiger charge is 2.18. The number of carbonyl (C=O) groups is 1. The van der Waals surface area contributed by atoms with Gasteiger partial charge in [-0.2, -0.15) is 0 Å². The van der Waals surface area contributed by atoms with E-state index in [2.05, 4.69) is 4.98 Å². The van der Waals surface area contributed by atoms with Gasteiger partial charge in [0, 0.05) is 5.56 Å². The van der Waals surface area contributed by atoms with Crippen molar-refractivity contribution >= 4 is 28.9 Å². The first-order valence-corrected chi connectivity index (χ1v) is 7.41. The van der Waals surface area contributed by atoms with Crippen LogP contribution in [-0.2, 0) is 4.74 Å². The maximum Gasteiger partial charge on any atom is 0.359 e. The summed E-state index contributed by atoms with van der Waals surface area (Å²) in [6.45, 7) is 4.59. The second-order valence-corrected chi connectivity index (χ2v) is 5.42. The average molecular weight is 312 g/mol. The minimum absolute atomic E-state index is 0.169. The van der Waals surface area contributed by atoms with Gasteiger partial charge in [0.15, 0.2) is 5.69 Å². The third kappa shape index (κ3) is 3.29. The molecule has 2 rings (SSSR count). The molecule has 6 heteroatoms. The summed E-state index contributed by atoms with van der Waals surface area (Å²) in [6.07, 6.45) is 0. The fourth-order valence-corrected chi connectivity index (χ4v) is 2.74. The molecule has 0 radical (unpaired) electrons. The van der Waals surface area contributed by atoms with Gasteiger partial charge in [0.25, 0.3) is 0 Å². The van der Waals surface area contributed by atoms with E-state index in [0.29, 0.717) is 22.6 Å². The Kier molecular flexibility index (Phi) is 4.98. The fourth-order valence-electron chi connectivity index (χ4n) is 1.61. The highest BCUT2D eigenvalue weighted by molar-refractivity contribution is 7.19. The van der Waals surface area contributed by atoms with Gasteiger partial charge in [0.05, 0.1) is 13.2 Å². The molecule has 1 heterocycles. The van der Waals surface area contributed by atoms with Gasteiger partial charge in [-0.3, -0.25) is 0 Å². The minimum Gasteiger partial charge on any atom is -0.494 e. The SMILES string of the molecule is CCOC(=O)c1nc(-c2ccc(OCC)cc2)sc1Cl. The van der Waals surface area contributed by atoms with Gasteiger partial charge in [-0.1, -0.05) is 11.6 Å². The summed E-state index contributed by atoms with van der Waals surface area (Å²) in [7, 11) is 0. The molecular formula is C14H14ClNO3S. The molecule has 0 fully saturated rings. The predicted molar refractivity (Wildman–Crippen MR) is 79.7 cm³/mol. The zero-order chi connectivity index (χ0) is 14.5. The zero-order valence-corrected chi connectivity index (χ0v) is 12.8. The molecule has 2 aromatic rings. The van der Waals surface area contributed by atoms with Gasteiger partial charge in [0.2, 0.25) is 0 Å². The Morgan fingerprint density at radius 1 is 1.25 bits per heavy atom. The van der Waals surface area contributed by atoms with Crippen molar-refractivity contribution in [3.8, 4) is 16.3 Å². The maximum atomic E-state index is 11.7. The first kappa shape index (κ1) is 14.8. The summed E-state index contributed by atoms with van der Waals surface area (Å²) in [5, 5.41) is 0.682. The van der Waals surface area contributed by atoms with Crippen molar-refractivity contribution in [3.05, 3.63) is 34.3 Å². The molecule has 0 spiro atoms. The largest absolute Gasteiger partial charge is 0.494 e. The molecule has 20 heavy (non-hydrogen) atoms. The number of thiazole rings is 1. The summed E-state index contributed by atoms with van der Waals surface area (Å²) < 4.78 is 10.6. The Hall–Kier alpha value is -1.59. The van der Waals surface area contributed by atoms with Crippen molar-refractivity contribution in [2.45, 2.75) is 13.8 Å². The van der Waals surface area contributed by atoms with Crippen molar-refractivity contribution in [1.29, 1.82) is 0 Å². The number of nitrogens with zero attached hydrogens (tertiary/aromatic N) is 1. The molecule has 4 nitrogen and oxygen atoms in total. The molecule has 0 saturated carbocycles. The average Bonchev–Trinajstić information content (AvgIpc) is 2.82. The quantitative estimate of drug-likeness (QED) is 0.782. The van der Waals surface area contributed by atoms with Crippen LogP contribution in [0.3, 0.4) is 0 Å². The van der Waals surface area contributed by atoms with E-state index in [1.54, 1.807) is 6.92 Å². The minimum atomic E-state index is -0.495. The molecule has 0 unspecified atom stereocenters. The number of esters is 1. The molecule has 1 aromatic heterocycles. The lowest BCUT2D eigenvalue weighted by atomic mass is 10.2. The second-order valence-electron chi connectivity index (χ2n) is 3.82. The maximum absolute atomic E-state index is 11.7. The van der Waals surface area contributed by atoms with Crippen molar-refractivity contribution in [2.24, 2.45) is 0 Å². The first-order chi connectivity index (χ1) is 9.65. The second kappa shape index (κ2) is 6.72. The topological polar surface area (TPSA) is 48.4 Å². The fraction of sp³-hybridized carbons (Fsp3) is 0.286. The molecule has 0 aliphatic carbocycles. The van der Waals surface area contributed by atoms with E-state index >= 15 is 0 Å². The highest BCUT2D eigenvalue weighted by atomic mass is 35.5. The van der Waals surface area contributed by atoms with Crippen LogP contribution >= 0.6 is 22.9 Å². The van der Waals surface area contributed by atoms with Gasteiger partial charge in [-0.05, 0) is 38.1 Å². The monoisotopic (exact) mass is 311 g/mol. The molecule has 0 amide bonds. The van der Waals surface area contributed by atoms with Crippen LogP contribution < -0.4 is 4.74 Å². The van der Waals surface area contributed by atoms with E-state index in [0.717, 1.165) is 11.3 Å². The highest BCUT2D eigenvalue weighted by Crippen LogP contribution is 2.32. The Morgan fingerprint density at radius 2 is 1.95 bits per heavy atom. The van der Waals surface area contributed by atoms with E-state index in [1.165, 1.54) is 11.3 Å². The molecule has 106 valence electrons. The molecule has 0 aliphatic heterocycles. The van der Waals surface area contributed by atoms with Crippen LogP contribution in [0.15, 0.2) is 24.3 Å². The first-order valence-electron chi connectivity index (χ1n) is 6.22. The number of aromatic nitrogens is 1. The number of halogens is 1. The van der Waals surface area contributed by atoms with Crippen molar-refractivity contribution < 1.29 is 14.3 Å². The molecule has 0 bridgehead atoms. The van der Waals surface area contributed by atoms with Gasteiger partial charge in [0.1, 0.15) is 15.1 Å². The number of hydrogen-bond acceptors (Lipinski definition) is 5. The molecule has 0 N–H and O–H groups in total. The summed E-state index contributed by atoms with van der Waals surface area (Å²) in [5.74, 6) is 0.301. The van der Waals surface area contributed by atoms with Crippen molar-refractivity contribution in [2.75, 3.05) is 13.2 Å². The molecule has 1 aromatic carbocycles. The lowest BCUT2D eigenvalue weighted by Gasteiger charge is -2.02. The summed E-state index contributed by atoms with van der Waals surface area (Å²) in [5.41, 5.74) is 1.05. The van der Waals surface area contributed by atoms with Crippen LogP contribution in [0.4, 0.5) is 0 Å². The summed E-state index contributed by atoms with van der Waals surface area (Å²) >= 11 is 7.29. The van der Waals surface area contributed by atoms with Crippen molar-refractivity contribution in [3.63, 3.8) is 0 Å². The van der Waals surface area contributed by atoms with E-state index in [9.17, 15) is 4.79 Å². The van der Waals surface area contributed by atoms with Crippen LogP contribution in [0.1, 0.15) is 24.3 Å². The number of benzene rings is 1. The molecule has 0 atom stereocenters. The lowest BCUT2D eigenvalue weighted by Crippen LogP contribution is -2.05.